The van der Waals surface area contributed by atoms with Crippen molar-refractivity contribution in [2.24, 2.45) is 0 Å². The number of ether oxygens (including phenoxy) is 4. The molecule has 0 radical (unpaired) electrons. The number of hydrogen-bond acceptors (Lipinski definition) is 7. The quantitative estimate of drug-likeness (QED) is 0.161. The highest BCUT2D eigenvalue weighted by molar-refractivity contribution is 6.81. The Balaban J connectivity index is 1.76. The van der Waals surface area contributed by atoms with E-state index in [1.165, 1.54) is 6.07 Å². The molecule has 0 bridgehead atoms. The lowest BCUT2D eigenvalue weighted by molar-refractivity contribution is -0.132. The zero-order chi connectivity index (χ0) is 27.5. The van der Waals surface area contributed by atoms with E-state index in [4.69, 9.17) is 42.1 Å². The lowest BCUT2D eigenvalue weighted by Gasteiger charge is -2.17. The van der Waals surface area contributed by atoms with Crippen LogP contribution in [0.5, 0.6) is 23.0 Å². The first kappa shape index (κ1) is 28.8. The largest absolute Gasteiger partial charge is 0.497 e. The molecule has 200 valence electrons. The second kappa shape index (κ2) is 14.3. The molecule has 0 aliphatic heterocycles. The van der Waals surface area contributed by atoms with E-state index in [2.05, 4.69) is 5.32 Å². The van der Waals surface area contributed by atoms with E-state index < -0.39 is 16.9 Å². The van der Waals surface area contributed by atoms with Gasteiger partial charge in [-0.15, -0.1) is 0 Å². The number of amides is 1. The summed E-state index contributed by atoms with van der Waals surface area (Å²) in [5, 5.41) is 1.74. The fourth-order valence-electron chi connectivity index (χ4n) is 3.37. The second-order valence-corrected chi connectivity index (χ2v) is 8.81. The average molecular weight is 560 g/mol. The molecule has 0 heterocycles. The standard InChI is InChI=1S/C28H27Cl2NO7/c1-35-20-9-5-18(6-10-20)16-37-24-14-13-22(28(34)31-15-3-4-23(32)27(30)33)25(29)26(24)38-17-19-7-11-21(36-2)12-8-19/h5-14H,3-4,15-17H2,1-2H3,(H,31,34). The molecule has 38 heavy (non-hydrogen) atoms. The van der Waals surface area contributed by atoms with Crippen LogP contribution in [0, 0.1) is 0 Å². The van der Waals surface area contributed by atoms with Gasteiger partial charge in [0.1, 0.15) is 24.7 Å². The van der Waals surface area contributed by atoms with Crippen LogP contribution < -0.4 is 24.3 Å². The van der Waals surface area contributed by atoms with E-state index in [-0.39, 0.29) is 48.9 Å². The van der Waals surface area contributed by atoms with Gasteiger partial charge >= 0.3 is 0 Å². The molecule has 0 atom stereocenters. The Morgan fingerprint density at radius 2 is 1.34 bits per heavy atom. The maximum absolute atomic E-state index is 12.8. The Morgan fingerprint density at radius 1 is 0.789 bits per heavy atom. The van der Waals surface area contributed by atoms with Crippen molar-refractivity contribution >= 4 is 40.1 Å². The summed E-state index contributed by atoms with van der Waals surface area (Å²) in [6.07, 6.45) is 0.190. The van der Waals surface area contributed by atoms with Crippen molar-refractivity contribution in [3.05, 3.63) is 82.4 Å². The van der Waals surface area contributed by atoms with Crippen LogP contribution in [0.1, 0.15) is 34.3 Å². The molecular weight excluding hydrogens is 533 g/mol. The number of benzene rings is 3. The van der Waals surface area contributed by atoms with Crippen molar-refractivity contribution in [3.63, 3.8) is 0 Å². The zero-order valence-corrected chi connectivity index (χ0v) is 22.4. The van der Waals surface area contributed by atoms with Crippen LogP contribution in [0.15, 0.2) is 60.7 Å². The summed E-state index contributed by atoms with van der Waals surface area (Å²) in [6.45, 7) is 0.559. The molecular formula is C28H27Cl2NO7. The molecule has 0 aliphatic rings. The fraction of sp³-hybridized carbons (Fsp3) is 0.250. The maximum atomic E-state index is 12.8. The minimum Gasteiger partial charge on any atom is -0.497 e. The number of methoxy groups -OCH3 is 2. The predicted octanol–water partition coefficient (Wildman–Crippen LogP) is 5.36. The van der Waals surface area contributed by atoms with Gasteiger partial charge in [0.25, 0.3) is 11.1 Å². The summed E-state index contributed by atoms with van der Waals surface area (Å²) < 4.78 is 22.4. The van der Waals surface area contributed by atoms with Crippen LogP contribution in [0.2, 0.25) is 5.02 Å². The molecule has 0 saturated carbocycles. The van der Waals surface area contributed by atoms with E-state index in [0.717, 1.165) is 16.9 Å². The summed E-state index contributed by atoms with van der Waals surface area (Å²) >= 11 is 11.8. The number of Topliss-reactive ketones (excluding diaryl/α,β-unsaturated/α-hetero) is 1. The Morgan fingerprint density at radius 3 is 1.87 bits per heavy atom. The second-order valence-electron chi connectivity index (χ2n) is 8.08. The molecule has 0 aliphatic carbocycles. The van der Waals surface area contributed by atoms with E-state index in [1.807, 2.05) is 48.5 Å². The fourth-order valence-corrected chi connectivity index (χ4v) is 3.76. The molecule has 1 amide bonds. The Kier molecular flexibility index (Phi) is 10.8. The van der Waals surface area contributed by atoms with Crippen LogP contribution >= 0.6 is 23.2 Å². The average Bonchev–Trinajstić information content (AvgIpc) is 2.93. The van der Waals surface area contributed by atoms with Crippen LogP contribution in [-0.2, 0) is 22.8 Å². The van der Waals surface area contributed by atoms with Gasteiger partial charge in [0.15, 0.2) is 11.5 Å². The summed E-state index contributed by atoms with van der Waals surface area (Å²) in [5.74, 6) is 0.858. The van der Waals surface area contributed by atoms with E-state index >= 15 is 0 Å². The molecule has 8 nitrogen and oxygen atoms in total. The molecule has 0 spiro atoms. The number of hydrogen-bond donors (Lipinski definition) is 1. The topological polar surface area (TPSA) is 100 Å². The highest BCUT2D eigenvalue weighted by atomic mass is 35.5. The lowest BCUT2D eigenvalue weighted by Crippen LogP contribution is -2.25. The smallest absolute Gasteiger partial charge is 0.288 e. The third-order valence-electron chi connectivity index (χ3n) is 5.49. The third kappa shape index (κ3) is 8.13. The van der Waals surface area contributed by atoms with Gasteiger partial charge in [-0.3, -0.25) is 14.4 Å². The van der Waals surface area contributed by atoms with Crippen molar-refractivity contribution in [2.45, 2.75) is 26.1 Å². The van der Waals surface area contributed by atoms with Gasteiger partial charge in [0, 0.05) is 13.0 Å². The van der Waals surface area contributed by atoms with Crippen LogP contribution in [0.4, 0.5) is 0 Å². The van der Waals surface area contributed by atoms with Gasteiger partial charge in [-0.2, -0.15) is 0 Å². The molecule has 0 unspecified atom stereocenters. The highest BCUT2D eigenvalue weighted by Gasteiger charge is 2.20. The molecule has 3 rings (SSSR count). The van der Waals surface area contributed by atoms with E-state index in [1.54, 1.807) is 20.3 Å². The number of rotatable bonds is 14. The first-order chi connectivity index (χ1) is 18.3. The van der Waals surface area contributed by atoms with Crippen LogP contribution in [0.25, 0.3) is 0 Å². The normalized spacial score (nSPS) is 10.4. The lowest BCUT2D eigenvalue weighted by atomic mass is 10.1. The van der Waals surface area contributed by atoms with Crippen LogP contribution in [-0.4, -0.2) is 37.7 Å². The van der Waals surface area contributed by atoms with Crippen molar-refractivity contribution in [1.82, 2.24) is 5.32 Å². The first-order valence-corrected chi connectivity index (χ1v) is 12.4. The van der Waals surface area contributed by atoms with Gasteiger partial charge in [0.2, 0.25) is 5.78 Å². The number of nitrogens with one attached hydrogen (secondary N) is 1. The monoisotopic (exact) mass is 559 g/mol. The number of halogens is 2. The Labute approximate surface area is 230 Å². The first-order valence-electron chi connectivity index (χ1n) is 11.7. The third-order valence-corrected chi connectivity index (χ3v) is 6.07. The summed E-state index contributed by atoms with van der Waals surface area (Å²) in [7, 11) is 3.18. The summed E-state index contributed by atoms with van der Waals surface area (Å²) in [4.78, 5) is 35.0. The van der Waals surface area contributed by atoms with Crippen molar-refractivity contribution in [1.29, 1.82) is 0 Å². The molecule has 3 aromatic rings. The minimum absolute atomic E-state index is 0.0648. The van der Waals surface area contributed by atoms with E-state index in [0.29, 0.717) is 11.5 Å². The molecule has 1 N–H and O–H groups in total. The number of carbonyl (C=O) groups excluding carboxylic acids is 3. The summed E-state index contributed by atoms with van der Waals surface area (Å²) in [5.41, 5.74) is 1.93. The molecule has 0 saturated heterocycles. The van der Waals surface area contributed by atoms with E-state index in [9.17, 15) is 14.4 Å². The minimum atomic E-state index is -1.02. The van der Waals surface area contributed by atoms with Gasteiger partial charge in [0.05, 0.1) is 24.8 Å². The molecule has 0 aromatic heterocycles. The van der Waals surface area contributed by atoms with Crippen molar-refractivity contribution in [3.8, 4) is 23.0 Å². The zero-order valence-electron chi connectivity index (χ0n) is 20.9. The Hall–Kier alpha value is -3.75. The number of carbonyl (C=O) groups is 3. The van der Waals surface area contributed by atoms with Gasteiger partial charge < -0.3 is 24.3 Å². The predicted molar refractivity (Wildman–Crippen MR) is 144 cm³/mol. The van der Waals surface area contributed by atoms with Gasteiger partial charge in [-0.25, -0.2) is 0 Å². The van der Waals surface area contributed by atoms with Crippen molar-refractivity contribution < 1.29 is 33.3 Å². The number of ketones is 1. The summed E-state index contributed by atoms with van der Waals surface area (Å²) in [6, 6.07) is 17.9. The van der Waals surface area contributed by atoms with Gasteiger partial charge in [-0.05, 0) is 65.5 Å². The Bertz CT molecular complexity index is 1260. The maximum Gasteiger partial charge on any atom is 0.288 e. The molecule has 3 aromatic carbocycles. The molecule has 10 heteroatoms. The highest BCUT2D eigenvalue weighted by Crippen LogP contribution is 2.39. The van der Waals surface area contributed by atoms with Gasteiger partial charge in [-0.1, -0.05) is 35.9 Å². The SMILES string of the molecule is COc1ccc(COc2ccc(C(=O)NCCCC(=O)C(=O)Cl)c(Cl)c2OCc2ccc(OC)cc2)cc1. The molecule has 0 fully saturated rings. The van der Waals surface area contributed by atoms with Crippen LogP contribution in [0.3, 0.4) is 0 Å². The van der Waals surface area contributed by atoms with Crippen molar-refractivity contribution in [2.75, 3.05) is 20.8 Å².